The van der Waals surface area contributed by atoms with Crippen molar-refractivity contribution in [2.24, 2.45) is 17.8 Å². The van der Waals surface area contributed by atoms with E-state index in [0.29, 0.717) is 17.7 Å². The number of nitrogens with zero attached hydrogens (tertiary/aromatic N) is 2. The van der Waals surface area contributed by atoms with Crippen molar-refractivity contribution >= 4 is 52.5 Å². The molecule has 2 heterocycles. The van der Waals surface area contributed by atoms with Crippen molar-refractivity contribution in [3.63, 3.8) is 0 Å². The minimum atomic E-state index is -2.18. The fourth-order valence-electron chi connectivity index (χ4n) is 7.82. The van der Waals surface area contributed by atoms with Crippen LogP contribution in [0.25, 0.3) is 0 Å². The van der Waals surface area contributed by atoms with Gasteiger partial charge in [0.05, 0.1) is 24.6 Å². The molecule has 9 nitrogen and oxygen atoms in total. The summed E-state index contributed by atoms with van der Waals surface area (Å²) in [6.07, 6.45) is 2.08. The molecule has 2 saturated heterocycles. The molecule has 3 aromatic carbocycles. The number of aromatic hydroxyl groups is 2. The van der Waals surface area contributed by atoms with Crippen LogP contribution in [-0.4, -0.2) is 62.1 Å². The van der Waals surface area contributed by atoms with E-state index in [1.807, 2.05) is 0 Å². The number of phenols is 2. The Hall–Kier alpha value is -4.41. The molecule has 0 bridgehead atoms. The Balaban J connectivity index is 1.33. The van der Waals surface area contributed by atoms with Gasteiger partial charge in [-0.1, -0.05) is 23.8 Å². The lowest BCUT2D eigenvalue weighted by atomic mass is 9.56. The lowest BCUT2D eigenvalue weighted by molar-refractivity contribution is -0.140. The van der Waals surface area contributed by atoms with Crippen molar-refractivity contribution in [2.75, 3.05) is 18.6 Å². The number of hydrogen-bond donors (Lipinski definition) is 2. The van der Waals surface area contributed by atoms with Crippen molar-refractivity contribution in [1.29, 1.82) is 0 Å². The van der Waals surface area contributed by atoms with Crippen LogP contribution in [0.15, 0.2) is 78.4 Å². The van der Waals surface area contributed by atoms with Gasteiger partial charge in [0.25, 0.3) is 11.8 Å². The summed E-state index contributed by atoms with van der Waals surface area (Å²) >= 11 is 14.7. The number of anilines is 1. The van der Waals surface area contributed by atoms with Crippen molar-refractivity contribution in [1.82, 2.24) is 4.90 Å². The van der Waals surface area contributed by atoms with Gasteiger partial charge in [0, 0.05) is 18.0 Å². The van der Waals surface area contributed by atoms with Gasteiger partial charge in [-0.05, 0) is 85.3 Å². The second-order valence-electron chi connectivity index (χ2n) is 12.4. The molecule has 47 heavy (non-hydrogen) atoms. The Bertz CT molecular complexity index is 1870. The second-order valence-corrected chi connectivity index (χ2v) is 13.7. The van der Waals surface area contributed by atoms with E-state index in [2.05, 4.69) is 0 Å². The third-order valence-corrected chi connectivity index (χ3v) is 11.5. The van der Waals surface area contributed by atoms with Gasteiger partial charge in [-0.15, -0.1) is 23.2 Å². The van der Waals surface area contributed by atoms with Crippen molar-refractivity contribution < 1.29 is 38.5 Å². The van der Waals surface area contributed by atoms with E-state index in [9.17, 15) is 33.8 Å². The number of imide groups is 2. The van der Waals surface area contributed by atoms with Crippen LogP contribution < -0.4 is 9.64 Å². The highest BCUT2D eigenvalue weighted by Gasteiger charge is 2.76. The molecule has 2 aliphatic carbocycles. The summed E-state index contributed by atoms with van der Waals surface area (Å²) in [5.74, 6) is -6.43. The Morgan fingerprint density at radius 1 is 0.915 bits per heavy atom. The number of hydrogen-bond acceptors (Lipinski definition) is 7. The van der Waals surface area contributed by atoms with Crippen LogP contribution in [0.4, 0.5) is 10.1 Å². The Labute approximate surface area is 279 Å². The zero-order valence-corrected chi connectivity index (χ0v) is 26.5. The quantitative estimate of drug-likeness (QED) is 0.212. The molecule has 0 unspecified atom stereocenters. The first-order valence-electron chi connectivity index (χ1n) is 15.1. The highest BCUT2D eigenvalue weighted by Crippen LogP contribution is 2.66. The Morgan fingerprint density at radius 2 is 1.62 bits per heavy atom. The summed E-state index contributed by atoms with van der Waals surface area (Å²) in [4.78, 5) is 54.3. The molecule has 4 amide bonds. The molecule has 1 saturated carbocycles. The van der Waals surface area contributed by atoms with Gasteiger partial charge in [-0.2, -0.15) is 0 Å². The number of benzene rings is 3. The number of carbonyl (C=O) groups is 4. The molecule has 3 aromatic rings. The van der Waals surface area contributed by atoms with Crippen LogP contribution in [0.3, 0.4) is 0 Å². The van der Waals surface area contributed by atoms with Gasteiger partial charge in [0.15, 0.2) is 9.75 Å². The highest BCUT2D eigenvalue weighted by molar-refractivity contribution is 6.58. The third kappa shape index (κ3) is 4.48. The summed E-state index contributed by atoms with van der Waals surface area (Å²) < 4.78 is 19.3. The van der Waals surface area contributed by atoms with Gasteiger partial charge >= 0.3 is 0 Å². The molecular formula is C35H29Cl2FN2O7. The summed E-state index contributed by atoms with van der Waals surface area (Å²) in [6, 6.07) is 15.7. The molecule has 0 radical (unpaired) electrons. The monoisotopic (exact) mass is 678 g/mol. The standard InChI is InChI=1S/C35H29Cl2FN2O7/c1-47-22-10-13-27(42)25(16-22)29-23-11-12-24-28(31(44)39(30(24)43)15-14-18-2-8-21(41)9-3-18)26(23)17-34(36)32(45)40(33(46)35(29,34)37)20-6-4-19(38)5-7-20/h2-11,13,16,24,26,28-29,41-42H,12,14-15,17H2,1H3/t24-,26+,28-,29+,34+,35-/m0/s1. The van der Waals surface area contributed by atoms with Gasteiger partial charge in [0.1, 0.15) is 23.1 Å². The van der Waals surface area contributed by atoms with Gasteiger partial charge in [0.2, 0.25) is 11.8 Å². The first kappa shape index (κ1) is 31.2. The van der Waals surface area contributed by atoms with Gasteiger partial charge in [-0.3, -0.25) is 24.1 Å². The average molecular weight is 680 g/mol. The minimum Gasteiger partial charge on any atom is -0.508 e. The van der Waals surface area contributed by atoms with E-state index in [4.69, 9.17) is 27.9 Å². The summed E-state index contributed by atoms with van der Waals surface area (Å²) in [6.45, 7) is 0.110. The summed E-state index contributed by atoms with van der Waals surface area (Å²) in [5, 5.41) is 20.8. The van der Waals surface area contributed by atoms with Gasteiger partial charge < -0.3 is 14.9 Å². The van der Waals surface area contributed by atoms with Crippen molar-refractivity contribution in [3.05, 3.63) is 95.3 Å². The first-order chi connectivity index (χ1) is 22.4. The maximum atomic E-state index is 14.4. The average Bonchev–Trinajstić information content (AvgIpc) is 3.39. The molecular weight excluding hydrogens is 650 g/mol. The molecule has 4 aliphatic rings. The highest BCUT2D eigenvalue weighted by atomic mass is 35.5. The number of likely N-dealkylation sites (tertiary alicyclic amines) is 1. The number of alkyl halides is 2. The fraction of sp³-hybridized carbons (Fsp3) is 0.314. The van der Waals surface area contributed by atoms with Crippen molar-refractivity contribution in [2.45, 2.75) is 34.9 Å². The van der Waals surface area contributed by atoms with E-state index in [1.165, 1.54) is 54.5 Å². The molecule has 0 spiro atoms. The third-order valence-electron chi connectivity index (χ3n) is 10.1. The molecule has 3 fully saturated rings. The number of fused-ring (bicyclic) bond motifs is 4. The van der Waals surface area contributed by atoms with E-state index in [0.717, 1.165) is 22.6 Å². The zero-order chi connectivity index (χ0) is 33.4. The predicted molar refractivity (Wildman–Crippen MR) is 170 cm³/mol. The molecule has 12 heteroatoms. The largest absolute Gasteiger partial charge is 0.508 e. The second kappa shape index (κ2) is 11.1. The maximum absolute atomic E-state index is 14.4. The number of rotatable bonds is 6. The molecule has 242 valence electrons. The van der Waals surface area contributed by atoms with Crippen LogP contribution >= 0.6 is 23.2 Å². The fourth-order valence-corrected chi connectivity index (χ4v) is 8.75. The summed E-state index contributed by atoms with van der Waals surface area (Å²) in [5.41, 5.74) is 1.57. The number of methoxy groups -OCH3 is 1. The van der Waals surface area contributed by atoms with Crippen LogP contribution in [0.1, 0.15) is 29.9 Å². The van der Waals surface area contributed by atoms with Crippen LogP contribution in [0, 0.1) is 23.6 Å². The van der Waals surface area contributed by atoms with Crippen LogP contribution in [0.5, 0.6) is 17.2 Å². The normalized spacial score (nSPS) is 29.8. The number of carbonyl (C=O) groups excluding carboxylic acids is 4. The number of phenolic OH excluding ortho intramolecular Hbond substituents is 2. The van der Waals surface area contributed by atoms with E-state index in [1.54, 1.807) is 18.2 Å². The smallest absolute Gasteiger partial charge is 0.258 e. The molecule has 0 aromatic heterocycles. The predicted octanol–water partition coefficient (Wildman–Crippen LogP) is 5.05. The van der Waals surface area contributed by atoms with Crippen LogP contribution in [-0.2, 0) is 25.6 Å². The number of allylic oxidation sites excluding steroid dienone is 2. The minimum absolute atomic E-state index is 0.0619. The maximum Gasteiger partial charge on any atom is 0.258 e. The molecule has 6 atom stereocenters. The van der Waals surface area contributed by atoms with Crippen LogP contribution in [0.2, 0.25) is 0 Å². The Kier molecular flexibility index (Phi) is 7.37. The van der Waals surface area contributed by atoms with E-state index < -0.39 is 57.0 Å². The topological polar surface area (TPSA) is 124 Å². The Morgan fingerprint density at radius 3 is 2.30 bits per heavy atom. The van der Waals surface area contributed by atoms with Crippen molar-refractivity contribution in [3.8, 4) is 17.2 Å². The number of halogens is 3. The SMILES string of the molecule is COc1ccc(O)c([C@H]2C3=CC[C@@H]4C(=O)N(CCc5ccc(O)cc5)C(=O)[C@@H]4[C@@H]3C[C@@]3(Cl)C(=O)N(c4ccc(F)cc4)C(=O)[C@@]23Cl)c1. The number of amides is 4. The first-order valence-corrected chi connectivity index (χ1v) is 15.9. The van der Waals surface area contributed by atoms with E-state index >= 15 is 0 Å². The van der Waals surface area contributed by atoms with Gasteiger partial charge in [-0.25, -0.2) is 9.29 Å². The number of ether oxygens (including phenoxy) is 1. The lowest BCUT2D eigenvalue weighted by Crippen LogP contribution is -2.60. The zero-order valence-electron chi connectivity index (χ0n) is 25.0. The summed E-state index contributed by atoms with van der Waals surface area (Å²) in [7, 11) is 1.43. The molecule has 7 rings (SSSR count). The lowest BCUT2D eigenvalue weighted by Gasteiger charge is -2.50. The molecule has 2 aliphatic heterocycles. The molecule has 2 N–H and O–H groups in total. The van der Waals surface area contributed by atoms with E-state index in [-0.39, 0.29) is 48.0 Å².